The quantitative estimate of drug-likeness (QED) is 0.726. The number of aromatic nitrogens is 2. The second-order valence-corrected chi connectivity index (χ2v) is 7.41. The van der Waals surface area contributed by atoms with E-state index in [9.17, 15) is 14.4 Å². The van der Waals surface area contributed by atoms with E-state index in [1.807, 2.05) is 0 Å². The van der Waals surface area contributed by atoms with E-state index in [0.717, 1.165) is 0 Å². The molecule has 0 bridgehead atoms. The Morgan fingerprint density at radius 2 is 2.15 bits per heavy atom. The molecule has 10 heteroatoms. The third kappa shape index (κ3) is 3.61. The van der Waals surface area contributed by atoms with Gasteiger partial charge in [0.15, 0.2) is 5.13 Å². The van der Waals surface area contributed by atoms with Crippen LogP contribution in [0.5, 0.6) is 0 Å². The normalized spacial score (nSPS) is 21.9. The highest BCUT2D eigenvalue weighted by Crippen LogP contribution is 2.30. The first-order valence-electron chi connectivity index (χ1n) is 8.57. The molecule has 1 unspecified atom stereocenters. The fourth-order valence-corrected chi connectivity index (χ4v) is 3.86. The van der Waals surface area contributed by atoms with Crippen LogP contribution in [0.2, 0.25) is 0 Å². The van der Waals surface area contributed by atoms with Crippen molar-refractivity contribution in [1.82, 2.24) is 20.2 Å². The zero-order valence-electron chi connectivity index (χ0n) is 14.4. The van der Waals surface area contributed by atoms with Crippen LogP contribution >= 0.6 is 11.3 Å². The Morgan fingerprint density at radius 3 is 2.96 bits per heavy atom. The van der Waals surface area contributed by atoms with Crippen LogP contribution < -0.4 is 16.0 Å². The molecule has 9 nitrogen and oxygen atoms in total. The number of pyridine rings is 1. The summed E-state index contributed by atoms with van der Waals surface area (Å²) in [5, 5.41) is 11.2. The highest BCUT2D eigenvalue weighted by Gasteiger charge is 2.41. The van der Waals surface area contributed by atoms with Crippen molar-refractivity contribution in [3.05, 3.63) is 35.5 Å². The van der Waals surface area contributed by atoms with Crippen molar-refractivity contribution < 1.29 is 14.4 Å². The first-order chi connectivity index (χ1) is 13.0. The Morgan fingerprint density at radius 1 is 1.26 bits per heavy atom. The van der Waals surface area contributed by atoms with E-state index in [-0.39, 0.29) is 30.7 Å². The Kier molecular flexibility index (Phi) is 4.48. The summed E-state index contributed by atoms with van der Waals surface area (Å²) in [4.78, 5) is 46.9. The van der Waals surface area contributed by atoms with Gasteiger partial charge in [-0.05, 0) is 18.6 Å². The molecule has 0 radical (unpaired) electrons. The average Bonchev–Trinajstić information content (AvgIpc) is 3.11. The third-order valence-corrected chi connectivity index (χ3v) is 5.39. The molecule has 4 rings (SSSR count). The highest BCUT2D eigenvalue weighted by atomic mass is 32.1. The van der Waals surface area contributed by atoms with Crippen LogP contribution in [-0.2, 0) is 9.59 Å². The molecule has 4 heterocycles. The molecule has 0 aliphatic carbocycles. The van der Waals surface area contributed by atoms with Gasteiger partial charge in [0.05, 0.1) is 12.1 Å². The fourth-order valence-electron chi connectivity index (χ4n) is 3.32. The van der Waals surface area contributed by atoms with Crippen LogP contribution in [0, 0.1) is 0 Å². The van der Waals surface area contributed by atoms with Crippen molar-refractivity contribution in [2.24, 2.45) is 0 Å². The smallest absolute Gasteiger partial charge is 0.256 e. The molecule has 3 N–H and O–H groups in total. The SMILES string of the molecule is O=C(CN1CCC2(CCC1=O)NC(=O)c1cccnc1N2)Nc1nccs1. The number of amides is 3. The van der Waals surface area contributed by atoms with Crippen LogP contribution in [0.1, 0.15) is 29.6 Å². The monoisotopic (exact) mass is 386 g/mol. The first kappa shape index (κ1) is 17.4. The number of likely N-dealkylation sites (tertiary alicyclic amines) is 1. The summed E-state index contributed by atoms with van der Waals surface area (Å²) < 4.78 is 0. The number of rotatable bonds is 3. The van der Waals surface area contributed by atoms with Gasteiger partial charge in [-0.1, -0.05) is 0 Å². The predicted octanol–water partition coefficient (Wildman–Crippen LogP) is 1.04. The zero-order valence-corrected chi connectivity index (χ0v) is 15.2. The Balaban J connectivity index is 1.44. The Bertz CT molecular complexity index is 887. The maximum Gasteiger partial charge on any atom is 0.256 e. The summed E-state index contributed by atoms with van der Waals surface area (Å²) in [6.07, 6.45) is 4.35. The number of carbonyl (C=O) groups is 3. The van der Waals surface area contributed by atoms with E-state index >= 15 is 0 Å². The molecule has 0 saturated carbocycles. The van der Waals surface area contributed by atoms with Crippen LogP contribution in [0.4, 0.5) is 10.9 Å². The van der Waals surface area contributed by atoms with Gasteiger partial charge < -0.3 is 20.9 Å². The molecule has 1 atom stereocenters. The van der Waals surface area contributed by atoms with Gasteiger partial charge in [0.1, 0.15) is 11.5 Å². The van der Waals surface area contributed by atoms with Gasteiger partial charge in [0.2, 0.25) is 11.8 Å². The third-order valence-electron chi connectivity index (χ3n) is 4.70. The number of fused-ring (bicyclic) bond motifs is 1. The van der Waals surface area contributed by atoms with E-state index in [2.05, 4.69) is 25.9 Å². The largest absolute Gasteiger partial charge is 0.347 e. The van der Waals surface area contributed by atoms with Gasteiger partial charge in [0, 0.05) is 37.2 Å². The summed E-state index contributed by atoms with van der Waals surface area (Å²) in [7, 11) is 0. The molecule has 2 aromatic heterocycles. The molecular weight excluding hydrogens is 368 g/mol. The molecule has 1 saturated heterocycles. The van der Waals surface area contributed by atoms with Gasteiger partial charge in [-0.15, -0.1) is 11.3 Å². The minimum Gasteiger partial charge on any atom is -0.347 e. The number of hydrogen-bond acceptors (Lipinski definition) is 7. The van der Waals surface area contributed by atoms with Gasteiger partial charge in [0.25, 0.3) is 5.91 Å². The maximum absolute atomic E-state index is 12.5. The lowest BCUT2D eigenvalue weighted by Gasteiger charge is -2.39. The average molecular weight is 386 g/mol. The van der Waals surface area contributed by atoms with Crippen LogP contribution in [-0.4, -0.2) is 51.3 Å². The van der Waals surface area contributed by atoms with E-state index in [4.69, 9.17) is 0 Å². The highest BCUT2D eigenvalue weighted by molar-refractivity contribution is 7.13. The lowest BCUT2D eigenvalue weighted by molar-refractivity contribution is -0.134. The molecule has 1 spiro atoms. The number of nitrogens with one attached hydrogen (secondary N) is 3. The van der Waals surface area contributed by atoms with E-state index in [0.29, 0.717) is 35.9 Å². The van der Waals surface area contributed by atoms with Gasteiger partial charge in [-0.25, -0.2) is 9.97 Å². The summed E-state index contributed by atoms with van der Waals surface area (Å²) in [6, 6.07) is 3.41. The van der Waals surface area contributed by atoms with E-state index < -0.39 is 5.66 Å². The number of thiazole rings is 1. The number of carbonyl (C=O) groups excluding carboxylic acids is 3. The summed E-state index contributed by atoms with van der Waals surface area (Å²) in [6.45, 7) is 0.302. The predicted molar refractivity (Wildman–Crippen MR) is 99.2 cm³/mol. The fraction of sp³-hybridized carbons (Fsp3) is 0.353. The van der Waals surface area contributed by atoms with Crippen LogP contribution in [0.15, 0.2) is 29.9 Å². The Hall–Kier alpha value is -3.01. The standard InChI is InChI=1S/C17H18N6O3S/c24-12(20-16-19-7-9-27-16)10-23-8-5-17(4-3-13(23)25)21-14-11(15(26)22-17)2-1-6-18-14/h1-2,6-7,9H,3-5,8,10H2,(H,18,21)(H,22,26)(H,19,20,24). The van der Waals surface area contributed by atoms with Crippen molar-refractivity contribution in [3.8, 4) is 0 Å². The van der Waals surface area contributed by atoms with Crippen molar-refractivity contribution in [2.75, 3.05) is 23.7 Å². The van der Waals surface area contributed by atoms with E-state index in [1.54, 1.807) is 29.9 Å². The number of nitrogens with zero attached hydrogens (tertiary/aromatic N) is 3. The van der Waals surface area contributed by atoms with E-state index in [1.165, 1.54) is 16.2 Å². The zero-order chi connectivity index (χ0) is 18.9. The van der Waals surface area contributed by atoms with Crippen molar-refractivity contribution >= 4 is 40.0 Å². The van der Waals surface area contributed by atoms with Gasteiger partial charge >= 0.3 is 0 Å². The molecule has 0 aromatic carbocycles. The Labute approximate surface area is 159 Å². The molecule has 2 aliphatic rings. The first-order valence-corrected chi connectivity index (χ1v) is 9.45. The second-order valence-electron chi connectivity index (χ2n) is 6.51. The van der Waals surface area contributed by atoms with Gasteiger partial charge in [-0.2, -0.15) is 0 Å². The van der Waals surface area contributed by atoms with Crippen LogP contribution in [0.25, 0.3) is 0 Å². The van der Waals surface area contributed by atoms with Crippen molar-refractivity contribution in [3.63, 3.8) is 0 Å². The molecule has 2 aromatic rings. The van der Waals surface area contributed by atoms with Gasteiger partial charge in [-0.3, -0.25) is 14.4 Å². The second kappa shape index (κ2) is 6.95. The lowest BCUT2D eigenvalue weighted by Crippen LogP contribution is -2.58. The maximum atomic E-state index is 12.5. The summed E-state index contributed by atoms with van der Waals surface area (Å²) in [5.41, 5.74) is -0.257. The minimum absolute atomic E-state index is 0.0444. The summed E-state index contributed by atoms with van der Waals surface area (Å²) in [5.74, 6) is -0.103. The molecule has 3 amide bonds. The molecule has 1 fully saturated rings. The topological polar surface area (TPSA) is 116 Å². The summed E-state index contributed by atoms with van der Waals surface area (Å²) >= 11 is 1.32. The minimum atomic E-state index is -0.741. The van der Waals surface area contributed by atoms with Crippen molar-refractivity contribution in [2.45, 2.75) is 24.9 Å². The number of hydrogen-bond donors (Lipinski definition) is 3. The molecule has 2 aliphatic heterocycles. The lowest BCUT2D eigenvalue weighted by atomic mass is 9.97. The molecule has 27 heavy (non-hydrogen) atoms. The van der Waals surface area contributed by atoms with Crippen LogP contribution in [0.3, 0.4) is 0 Å². The van der Waals surface area contributed by atoms with Crippen molar-refractivity contribution in [1.29, 1.82) is 0 Å². The number of anilines is 2. The molecule has 140 valence electrons. The molecular formula is C17H18N6O3S.